The number of carbonyl (C=O) groups excluding carboxylic acids is 1. The molecule has 4 nitrogen and oxygen atoms in total. The minimum Gasteiger partial charge on any atom is -0.439 e. The summed E-state index contributed by atoms with van der Waals surface area (Å²) in [6.07, 6.45) is -1.31. The first kappa shape index (κ1) is 13.1. The molecule has 6 heteroatoms. The largest absolute Gasteiger partial charge is 0.439 e. The van der Waals surface area contributed by atoms with E-state index in [0.717, 1.165) is 0 Å². The highest BCUT2D eigenvalue weighted by Gasteiger charge is 2.38. The predicted octanol–water partition coefficient (Wildman–Crippen LogP) is 3.51. The quantitative estimate of drug-likeness (QED) is 0.854. The van der Waals surface area contributed by atoms with Crippen LogP contribution < -0.4 is 5.32 Å². The molecule has 1 aromatic carbocycles. The van der Waals surface area contributed by atoms with Gasteiger partial charge in [0.2, 0.25) is 0 Å². The number of aromatic nitrogens is 1. The Morgan fingerprint density at radius 2 is 2.00 bits per heavy atom. The average Bonchev–Trinajstić information content (AvgIpc) is 2.81. The Morgan fingerprint density at radius 3 is 2.75 bits per heavy atom. The monoisotopic (exact) mass is 336 g/mol. The van der Waals surface area contributed by atoms with E-state index >= 15 is 0 Å². The van der Waals surface area contributed by atoms with E-state index in [0.29, 0.717) is 15.9 Å². The van der Waals surface area contributed by atoms with Crippen molar-refractivity contribution in [2.45, 2.75) is 12.1 Å². The Hall–Kier alpha value is -1.95. The lowest BCUT2D eigenvalue weighted by atomic mass is 9.99. The number of pyridine rings is 1. The van der Waals surface area contributed by atoms with Gasteiger partial charge in [0.1, 0.15) is 16.5 Å². The summed E-state index contributed by atoms with van der Waals surface area (Å²) in [5.41, 5.74) is 0.941. The first-order chi connectivity index (χ1) is 9.65. The van der Waals surface area contributed by atoms with Gasteiger partial charge >= 0.3 is 6.09 Å². The fraction of sp³-hybridized carbons (Fsp3) is 0.143. The van der Waals surface area contributed by atoms with Crippen molar-refractivity contribution in [3.05, 3.63) is 64.1 Å². The minimum absolute atomic E-state index is 0.331. The number of nitrogens with one attached hydrogen (secondary N) is 1. The van der Waals surface area contributed by atoms with Gasteiger partial charge < -0.3 is 10.1 Å². The number of rotatable bonds is 2. The van der Waals surface area contributed by atoms with Gasteiger partial charge in [0.05, 0.1) is 5.69 Å². The van der Waals surface area contributed by atoms with Gasteiger partial charge in [-0.05, 0) is 34.1 Å². The second-order valence-electron chi connectivity index (χ2n) is 4.35. The van der Waals surface area contributed by atoms with Gasteiger partial charge in [-0.1, -0.05) is 24.3 Å². The molecule has 1 N–H and O–H groups in total. The zero-order valence-electron chi connectivity index (χ0n) is 10.2. The fourth-order valence-corrected chi connectivity index (χ4v) is 2.55. The molecule has 0 radical (unpaired) electrons. The molecule has 1 aromatic heterocycles. The van der Waals surface area contributed by atoms with Crippen LogP contribution in [0.25, 0.3) is 0 Å². The van der Waals surface area contributed by atoms with E-state index in [2.05, 4.69) is 26.2 Å². The number of amides is 1. The average molecular weight is 337 g/mol. The van der Waals surface area contributed by atoms with Gasteiger partial charge in [-0.2, -0.15) is 0 Å². The van der Waals surface area contributed by atoms with Crippen molar-refractivity contribution in [2.75, 3.05) is 0 Å². The van der Waals surface area contributed by atoms with E-state index in [-0.39, 0.29) is 0 Å². The van der Waals surface area contributed by atoms with E-state index in [9.17, 15) is 9.18 Å². The van der Waals surface area contributed by atoms with Crippen LogP contribution >= 0.6 is 15.9 Å². The number of ether oxygens (including phenoxy) is 1. The van der Waals surface area contributed by atoms with E-state index in [1.807, 2.05) is 0 Å². The maximum atomic E-state index is 13.9. The molecule has 0 bridgehead atoms. The summed E-state index contributed by atoms with van der Waals surface area (Å²) in [6, 6.07) is 11.1. The molecule has 1 fully saturated rings. The Bertz CT molecular complexity index is 665. The number of nitrogens with zero attached hydrogens (tertiary/aromatic N) is 1. The van der Waals surface area contributed by atoms with Crippen LogP contribution in [0.3, 0.4) is 0 Å². The standard InChI is InChI=1S/C14H10BrFN2O2/c15-11-7-3-6-10(17-11)12-13(20-14(19)18-12)8-4-1-2-5-9(8)16/h1-7,12-13H,(H,18,19)/t12-,13-/m1/s1. The van der Waals surface area contributed by atoms with Crippen molar-refractivity contribution in [3.63, 3.8) is 0 Å². The molecule has 3 rings (SSSR count). The zero-order valence-corrected chi connectivity index (χ0v) is 11.8. The van der Waals surface area contributed by atoms with Crippen molar-refractivity contribution >= 4 is 22.0 Å². The van der Waals surface area contributed by atoms with Gasteiger partial charge in [-0.25, -0.2) is 14.2 Å². The molecule has 0 spiro atoms. The Balaban J connectivity index is 2.01. The van der Waals surface area contributed by atoms with Gasteiger partial charge in [0.25, 0.3) is 0 Å². The third kappa shape index (κ3) is 2.38. The Kier molecular flexibility index (Phi) is 3.40. The molecule has 2 heterocycles. The van der Waals surface area contributed by atoms with Gasteiger partial charge in [-0.3, -0.25) is 0 Å². The molecule has 0 aliphatic carbocycles. The molecule has 0 saturated carbocycles. The number of cyclic esters (lactones) is 1. The normalized spacial score (nSPS) is 21.4. The number of halogens is 2. The Morgan fingerprint density at radius 1 is 1.20 bits per heavy atom. The summed E-state index contributed by atoms with van der Waals surface area (Å²) in [7, 11) is 0. The number of hydrogen-bond donors (Lipinski definition) is 1. The molecule has 1 saturated heterocycles. The number of alkyl carbamates (subject to hydrolysis) is 1. The number of benzene rings is 1. The maximum Gasteiger partial charge on any atom is 0.408 e. The van der Waals surface area contributed by atoms with E-state index < -0.39 is 24.1 Å². The van der Waals surface area contributed by atoms with Crippen LogP contribution in [0.2, 0.25) is 0 Å². The van der Waals surface area contributed by atoms with Crippen molar-refractivity contribution in [1.82, 2.24) is 10.3 Å². The molecule has 0 unspecified atom stereocenters. The highest BCUT2D eigenvalue weighted by atomic mass is 79.9. The highest BCUT2D eigenvalue weighted by Crippen LogP contribution is 2.37. The summed E-state index contributed by atoms with van der Waals surface area (Å²) >= 11 is 3.28. The van der Waals surface area contributed by atoms with Crippen LogP contribution in [-0.2, 0) is 4.74 Å². The lowest BCUT2D eigenvalue weighted by Crippen LogP contribution is -2.21. The molecule has 2 atom stereocenters. The van der Waals surface area contributed by atoms with E-state index in [4.69, 9.17) is 4.74 Å². The van der Waals surface area contributed by atoms with E-state index in [1.165, 1.54) is 6.07 Å². The molecule has 2 aromatic rings. The molecular formula is C14H10BrFN2O2. The molecular weight excluding hydrogens is 327 g/mol. The lowest BCUT2D eigenvalue weighted by Gasteiger charge is -2.17. The van der Waals surface area contributed by atoms with Crippen molar-refractivity contribution in [3.8, 4) is 0 Å². The smallest absolute Gasteiger partial charge is 0.408 e. The first-order valence-electron chi connectivity index (χ1n) is 5.99. The number of hydrogen-bond acceptors (Lipinski definition) is 3. The second kappa shape index (κ2) is 5.20. The van der Waals surface area contributed by atoms with Gasteiger partial charge in [-0.15, -0.1) is 0 Å². The maximum absolute atomic E-state index is 13.9. The SMILES string of the molecule is O=C1N[C@H](c2cccc(Br)n2)[C@@H](c2ccccc2F)O1. The summed E-state index contributed by atoms with van der Waals surface area (Å²) in [6.45, 7) is 0. The lowest BCUT2D eigenvalue weighted by molar-refractivity contribution is 0.129. The summed E-state index contributed by atoms with van der Waals surface area (Å²) < 4.78 is 19.7. The topological polar surface area (TPSA) is 51.2 Å². The highest BCUT2D eigenvalue weighted by molar-refractivity contribution is 9.10. The number of carbonyl (C=O) groups is 1. The molecule has 1 aliphatic rings. The van der Waals surface area contributed by atoms with Crippen LogP contribution in [-0.4, -0.2) is 11.1 Å². The van der Waals surface area contributed by atoms with Crippen LogP contribution in [0, 0.1) is 5.82 Å². The van der Waals surface area contributed by atoms with Gasteiger partial charge in [0.15, 0.2) is 6.10 Å². The van der Waals surface area contributed by atoms with Crippen molar-refractivity contribution in [2.24, 2.45) is 0 Å². The van der Waals surface area contributed by atoms with Crippen LogP contribution in [0.15, 0.2) is 47.1 Å². The van der Waals surface area contributed by atoms with Crippen LogP contribution in [0.1, 0.15) is 23.4 Å². The van der Waals surface area contributed by atoms with Crippen LogP contribution in [0.4, 0.5) is 9.18 Å². The zero-order chi connectivity index (χ0) is 14.1. The predicted molar refractivity (Wildman–Crippen MR) is 73.4 cm³/mol. The molecule has 102 valence electrons. The molecule has 1 amide bonds. The van der Waals surface area contributed by atoms with Gasteiger partial charge in [0, 0.05) is 5.56 Å². The van der Waals surface area contributed by atoms with E-state index in [1.54, 1.807) is 36.4 Å². The van der Waals surface area contributed by atoms with Crippen molar-refractivity contribution in [1.29, 1.82) is 0 Å². The fourth-order valence-electron chi connectivity index (χ4n) is 2.20. The minimum atomic E-state index is -0.731. The van der Waals surface area contributed by atoms with Crippen molar-refractivity contribution < 1.29 is 13.9 Å². The summed E-state index contributed by atoms with van der Waals surface area (Å²) in [5, 5.41) is 2.66. The molecule has 20 heavy (non-hydrogen) atoms. The second-order valence-corrected chi connectivity index (χ2v) is 5.17. The first-order valence-corrected chi connectivity index (χ1v) is 6.78. The Labute approximate surface area is 123 Å². The summed E-state index contributed by atoms with van der Waals surface area (Å²) in [5.74, 6) is -0.408. The third-order valence-corrected chi connectivity index (χ3v) is 3.52. The van der Waals surface area contributed by atoms with Crippen LogP contribution in [0.5, 0.6) is 0 Å². The summed E-state index contributed by atoms with van der Waals surface area (Å²) in [4.78, 5) is 15.8. The molecule has 1 aliphatic heterocycles. The third-order valence-electron chi connectivity index (χ3n) is 3.08.